The molecule has 21 heavy (non-hydrogen) atoms. The standard InChI is InChI=1S/C4H2F9NO5S2/c5-2(6)20(15,19-13)14-21(16,17)18-1(3(7,8)9)4(10,11)12/h1-2H. The van der Waals surface area contributed by atoms with Crippen LogP contribution in [0.5, 0.6) is 0 Å². The summed E-state index contributed by atoms with van der Waals surface area (Å²) in [6, 6.07) is 0. The Bertz CT molecular complexity index is 556. The molecule has 0 spiro atoms. The molecule has 17 heteroatoms. The number of alkyl halides is 8. The smallest absolute Gasteiger partial charge is 0.229 e. The SMILES string of the molecule is O=S(=O)(N=S(=O)(OF)C(F)F)OC(C(F)(F)F)C(F)(F)F. The Morgan fingerprint density at radius 3 is 1.52 bits per heavy atom. The van der Waals surface area contributed by atoms with Gasteiger partial charge in [-0.1, -0.05) is 8.16 Å². The summed E-state index contributed by atoms with van der Waals surface area (Å²) in [4.78, 5) is 0. The summed E-state index contributed by atoms with van der Waals surface area (Å²) >= 11 is 0. The fourth-order valence-corrected chi connectivity index (χ4v) is 2.66. The molecule has 0 aromatic rings. The molecule has 0 aromatic heterocycles. The molecule has 0 saturated heterocycles. The summed E-state index contributed by atoms with van der Waals surface area (Å²) in [6.45, 7) is 0. The van der Waals surface area contributed by atoms with Gasteiger partial charge < -0.3 is 0 Å². The predicted octanol–water partition coefficient (Wildman–Crippen LogP) is 2.25. The second-order valence-electron chi connectivity index (χ2n) is 2.90. The van der Waals surface area contributed by atoms with Gasteiger partial charge in [-0.25, -0.2) is 8.39 Å². The third-order valence-electron chi connectivity index (χ3n) is 1.32. The maximum absolute atomic E-state index is 11.9. The third kappa shape index (κ3) is 5.83. The van der Waals surface area contributed by atoms with E-state index in [0.717, 1.165) is 0 Å². The molecule has 0 saturated carbocycles. The minimum atomic E-state index is -6.50. The van der Waals surface area contributed by atoms with Gasteiger partial charge in [0.1, 0.15) is 0 Å². The van der Waals surface area contributed by atoms with Crippen molar-refractivity contribution in [3.63, 3.8) is 0 Å². The van der Waals surface area contributed by atoms with Crippen LogP contribution in [0.4, 0.5) is 39.6 Å². The molecule has 0 N–H and O–H groups in total. The zero-order valence-electron chi connectivity index (χ0n) is 8.86. The molecule has 0 aromatic carbocycles. The Hall–Kier alpha value is -0.810. The van der Waals surface area contributed by atoms with Gasteiger partial charge in [0.2, 0.25) is 0 Å². The molecular formula is C4H2F9NO5S2. The molecule has 0 radical (unpaired) electrons. The lowest BCUT2D eigenvalue weighted by Gasteiger charge is -2.21. The first-order valence-electron chi connectivity index (χ1n) is 3.97. The predicted molar refractivity (Wildman–Crippen MR) is 44.7 cm³/mol. The first kappa shape index (κ1) is 20.2. The highest BCUT2D eigenvalue weighted by molar-refractivity contribution is 7.99. The highest BCUT2D eigenvalue weighted by atomic mass is 32.3. The molecule has 0 aliphatic rings. The molecule has 0 aliphatic heterocycles. The Morgan fingerprint density at radius 1 is 0.905 bits per heavy atom. The topological polar surface area (TPSA) is 82.0 Å². The van der Waals surface area contributed by atoms with Crippen LogP contribution in [0.15, 0.2) is 3.77 Å². The summed E-state index contributed by atoms with van der Waals surface area (Å²) in [6.07, 6.45) is -17.6. The summed E-state index contributed by atoms with van der Waals surface area (Å²) < 4.78 is 145. The van der Waals surface area contributed by atoms with E-state index in [2.05, 4.69) is 4.18 Å². The van der Waals surface area contributed by atoms with Crippen LogP contribution in [-0.2, 0) is 28.9 Å². The van der Waals surface area contributed by atoms with Crippen LogP contribution in [0.3, 0.4) is 0 Å². The lowest BCUT2D eigenvalue weighted by Crippen LogP contribution is -2.45. The van der Waals surface area contributed by atoms with E-state index >= 15 is 0 Å². The molecule has 0 rings (SSSR count). The molecule has 0 bridgehead atoms. The molecule has 0 fully saturated rings. The van der Waals surface area contributed by atoms with Crippen molar-refractivity contribution < 1.29 is 60.8 Å². The van der Waals surface area contributed by atoms with Crippen molar-refractivity contribution in [2.45, 2.75) is 24.2 Å². The Balaban J connectivity index is 5.77. The lowest BCUT2D eigenvalue weighted by molar-refractivity contribution is -0.299. The summed E-state index contributed by atoms with van der Waals surface area (Å²) in [5, 5.41) is 0. The van der Waals surface area contributed by atoms with Gasteiger partial charge in [-0.3, -0.25) is 0 Å². The number of hydrogen-bond acceptors (Lipinski definition) is 5. The van der Waals surface area contributed by atoms with Crippen LogP contribution in [-0.4, -0.2) is 36.8 Å². The summed E-state index contributed by atoms with van der Waals surface area (Å²) in [7, 11) is -12.6. The largest absolute Gasteiger partial charge is 0.425 e. The van der Waals surface area contributed by atoms with Crippen molar-refractivity contribution in [1.82, 2.24) is 0 Å². The van der Waals surface area contributed by atoms with Gasteiger partial charge in [0.15, 0.2) is 0 Å². The van der Waals surface area contributed by atoms with Crippen LogP contribution in [0.1, 0.15) is 0 Å². The lowest BCUT2D eigenvalue weighted by atomic mass is 10.3. The minimum Gasteiger partial charge on any atom is -0.229 e. The van der Waals surface area contributed by atoms with E-state index in [9.17, 15) is 52.3 Å². The van der Waals surface area contributed by atoms with Crippen molar-refractivity contribution >= 4 is 20.3 Å². The fourth-order valence-electron chi connectivity index (χ4n) is 0.633. The molecule has 0 aliphatic carbocycles. The molecule has 1 atom stereocenters. The number of rotatable bonds is 5. The monoisotopic (exact) mass is 379 g/mol. The van der Waals surface area contributed by atoms with Gasteiger partial charge in [0.05, 0.1) is 0 Å². The Kier molecular flexibility index (Phi) is 5.89. The number of hydrogen-bond donors (Lipinski definition) is 0. The van der Waals surface area contributed by atoms with Crippen LogP contribution >= 0.6 is 0 Å². The second-order valence-corrected chi connectivity index (χ2v) is 6.06. The van der Waals surface area contributed by atoms with Crippen LogP contribution in [0, 0.1) is 0 Å². The minimum absolute atomic E-state index is 1.26. The Labute approximate surface area is 110 Å². The first-order valence-corrected chi connectivity index (χ1v) is 6.84. The van der Waals surface area contributed by atoms with E-state index in [0.29, 0.717) is 0 Å². The first-order chi connectivity index (χ1) is 9.05. The quantitative estimate of drug-likeness (QED) is 0.685. The average molecular weight is 379 g/mol. The van der Waals surface area contributed by atoms with Gasteiger partial charge >= 0.3 is 28.4 Å². The summed E-state index contributed by atoms with van der Waals surface area (Å²) in [5.41, 5.74) is 0. The van der Waals surface area contributed by atoms with Crippen molar-refractivity contribution in [2.75, 3.05) is 0 Å². The van der Waals surface area contributed by atoms with Crippen LogP contribution in [0.2, 0.25) is 0 Å². The molecule has 128 valence electrons. The number of nitrogens with zero attached hydrogens (tertiary/aromatic N) is 1. The van der Waals surface area contributed by atoms with E-state index in [1.165, 1.54) is 3.77 Å². The van der Waals surface area contributed by atoms with E-state index in [1.54, 1.807) is 0 Å². The van der Waals surface area contributed by atoms with E-state index in [-0.39, 0.29) is 0 Å². The van der Waals surface area contributed by atoms with Gasteiger partial charge in [-0.15, -0.1) is 0 Å². The highest BCUT2D eigenvalue weighted by Crippen LogP contribution is 2.37. The molecule has 6 nitrogen and oxygen atoms in total. The molecular weight excluding hydrogens is 377 g/mol. The molecule has 0 amide bonds. The van der Waals surface area contributed by atoms with Crippen molar-refractivity contribution in [2.24, 2.45) is 3.77 Å². The van der Waals surface area contributed by atoms with E-state index in [4.69, 9.17) is 0 Å². The maximum Gasteiger partial charge on any atom is 0.425 e. The summed E-state index contributed by atoms with van der Waals surface area (Å²) in [5.74, 6) is -4.50. The zero-order chi connectivity index (χ0) is 17.3. The van der Waals surface area contributed by atoms with E-state index < -0.39 is 44.5 Å². The van der Waals surface area contributed by atoms with Crippen molar-refractivity contribution in [3.05, 3.63) is 0 Å². The number of halogens is 9. The van der Waals surface area contributed by atoms with Crippen molar-refractivity contribution in [3.8, 4) is 0 Å². The van der Waals surface area contributed by atoms with Gasteiger partial charge in [-0.2, -0.15) is 43.5 Å². The fraction of sp³-hybridized carbons (Fsp3) is 1.00. The second kappa shape index (κ2) is 6.13. The zero-order valence-corrected chi connectivity index (χ0v) is 10.5. The van der Waals surface area contributed by atoms with Gasteiger partial charge in [0, 0.05) is 0 Å². The maximum atomic E-state index is 11.9. The average Bonchev–Trinajstić information content (AvgIpc) is 2.22. The van der Waals surface area contributed by atoms with Crippen LogP contribution < -0.4 is 0 Å². The highest BCUT2D eigenvalue weighted by Gasteiger charge is 2.60. The molecule has 0 heterocycles. The Morgan fingerprint density at radius 2 is 1.29 bits per heavy atom. The van der Waals surface area contributed by atoms with Gasteiger partial charge in [0.25, 0.3) is 16.1 Å². The third-order valence-corrected chi connectivity index (χ3v) is 3.95. The van der Waals surface area contributed by atoms with Gasteiger partial charge in [-0.05, 0) is 4.53 Å². The van der Waals surface area contributed by atoms with E-state index in [1.807, 2.05) is 4.39 Å². The van der Waals surface area contributed by atoms with Crippen molar-refractivity contribution in [1.29, 1.82) is 0 Å². The normalized spacial score (nSPS) is 17.1. The molecule has 1 unspecified atom stereocenters. The van der Waals surface area contributed by atoms with Crippen LogP contribution in [0.25, 0.3) is 0 Å².